The van der Waals surface area contributed by atoms with E-state index >= 15 is 0 Å². The van der Waals surface area contributed by atoms with Gasteiger partial charge in [-0.15, -0.1) is 0 Å². The summed E-state index contributed by atoms with van der Waals surface area (Å²) in [6, 6.07) is 30.8. The van der Waals surface area contributed by atoms with Crippen molar-refractivity contribution >= 4 is 39.0 Å². The fraction of sp³-hybridized carbons (Fsp3) is 0.125. The molecule has 0 bridgehead atoms. The van der Waals surface area contributed by atoms with Crippen LogP contribution in [-0.2, 0) is 5.41 Å². The molecule has 0 aliphatic carbocycles. The maximum absolute atomic E-state index is 4.65. The standard InChI is InChI=1S/C32H26N4/c1-21-11-13-22(14-12-21)35(30-20-33-17-18-34-30)23-15-16-28-25(19-23)24-7-6-9-27-31(24)36(28)29-10-5-4-8-26(29)32(27,2)3/h4-20H,1-3H3. The van der Waals surface area contributed by atoms with E-state index in [1.54, 1.807) is 12.4 Å². The fourth-order valence-electron chi connectivity index (χ4n) is 5.81. The van der Waals surface area contributed by atoms with Crippen LogP contribution in [0.15, 0.2) is 104 Å². The molecule has 0 fully saturated rings. The second-order valence-corrected chi connectivity index (χ2v) is 10.1. The molecule has 0 N–H and O–H groups in total. The predicted octanol–water partition coefficient (Wildman–Crippen LogP) is 7.99. The van der Waals surface area contributed by atoms with Gasteiger partial charge in [0.2, 0.25) is 0 Å². The number of fused-ring (bicyclic) bond motifs is 5. The molecule has 36 heavy (non-hydrogen) atoms. The van der Waals surface area contributed by atoms with Crippen LogP contribution in [0.1, 0.15) is 30.5 Å². The number of rotatable bonds is 3. The molecule has 4 heteroatoms. The summed E-state index contributed by atoms with van der Waals surface area (Å²) in [4.78, 5) is 11.2. The molecule has 0 spiro atoms. The first-order chi connectivity index (χ1) is 17.5. The zero-order valence-electron chi connectivity index (χ0n) is 20.6. The monoisotopic (exact) mass is 466 g/mol. The minimum Gasteiger partial charge on any atom is -0.309 e. The van der Waals surface area contributed by atoms with Gasteiger partial charge < -0.3 is 4.57 Å². The molecule has 6 aromatic rings. The van der Waals surface area contributed by atoms with Gasteiger partial charge in [-0.3, -0.25) is 9.88 Å². The van der Waals surface area contributed by atoms with Crippen LogP contribution in [0.3, 0.4) is 0 Å². The first-order valence-electron chi connectivity index (χ1n) is 12.3. The molecule has 1 aliphatic heterocycles. The van der Waals surface area contributed by atoms with Gasteiger partial charge in [-0.05, 0) is 54.4 Å². The largest absolute Gasteiger partial charge is 0.309 e. The minimum atomic E-state index is -0.0725. The van der Waals surface area contributed by atoms with E-state index in [1.807, 2.05) is 6.20 Å². The Morgan fingerprint density at radius 1 is 0.750 bits per heavy atom. The lowest BCUT2D eigenvalue weighted by Crippen LogP contribution is -2.26. The third-order valence-electron chi connectivity index (χ3n) is 7.59. The second kappa shape index (κ2) is 7.53. The molecule has 0 unspecified atom stereocenters. The number of aryl methyl sites for hydroxylation is 1. The Kier molecular flexibility index (Phi) is 4.37. The van der Waals surface area contributed by atoms with Crippen molar-refractivity contribution in [3.63, 3.8) is 0 Å². The Labute approximate surface area is 210 Å². The maximum Gasteiger partial charge on any atom is 0.156 e. The van der Waals surface area contributed by atoms with E-state index in [-0.39, 0.29) is 5.41 Å². The summed E-state index contributed by atoms with van der Waals surface area (Å²) in [5.41, 5.74) is 9.76. The smallest absolute Gasteiger partial charge is 0.156 e. The Balaban J connectivity index is 1.53. The van der Waals surface area contributed by atoms with E-state index in [9.17, 15) is 0 Å². The number of anilines is 3. The normalized spacial score (nSPS) is 13.6. The summed E-state index contributed by atoms with van der Waals surface area (Å²) in [7, 11) is 0. The first kappa shape index (κ1) is 20.9. The van der Waals surface area contributed by atoms with E-state index in [0.717, 1.165) is 17.2 Å². The van der Waals surface area contributed by atoms with Crippen molar-refractivity contribution in [2.75, 3.05) is 4.90 Å². The molecular weight excluding hydrogens is 440 g/mol. The van der Waals surface area contributed by atoms with Gasteiger partial charge >= 0.3 is 0 Å². The highest BCUT2D eigenvalue weighted by molar-refractivity contribution is 6.12. The summed E-state index contributed by atoms with van der Waals surface area (Å²) < 4.78 is 2.45. The third kappa shape index (κ3) is 2.88. The lowest BCUT2D eigenvalue weighted by Gasteiger charge is -2.34. The Hall–Kier alpha value is -4.44. The van der Waals surface area contributed by atoms with Gasteiger partial charge in [0.05, 0.1) is 22.9 Å². The molecule has 7 rings (SSSR count). The van der Waals surface area contributed by atoms with E-state index in [1.165, 1.54) is 44.2 Å². The van der Waals surface area contributed by atoms with Crippen molar-refractivity contribution in [1.82, 2.24) is 14.5 Å². The molecule has 4 aromatic carbocycles. The van der Waals surface area contributed by atoms with Crippen LogP contribution in [0.2, 0.25) is 0 Å². The average molecular weight is 467 g/mol. The summed E-state index contributed by atoms with van der Waals surface area (Å²) in [6.45, 7) is 6.77. The zero-order chi connectivity index (χ0) is 24.4. The maximum atomic E-state index is 4.65. The van der Waals surface area contributed by atoms with Crippen LogP contribution < -0.4 is 4.90 Å². The van der Waals surface area contributed by atoms with Crippen molar-refractivity contribution < 1.29 is 0 Å². The van der Waals surface area contributed by atoms with Gasteiger partial charge in [0.1, 0.15) is 0 Å². The highest BCUT2D eigenvalue weighted by Crippen LogP contribution is 2.48. The number of aromatic nitrogens is 3. The van der Waals surface area contributed by atoms with Crippen molar-refractivity contribution in [1.29, 1.82) is 0 Å². The topological polar surface area (TPSA) is 34.0 Å². The Morgan fingerprint density at radius 3 is 2.33 bits per heavy atom. The Morgan fingerprint density at radius 2 is 1.53 bits per heavy atom. The molecular formula is C32H26N4. The van der Waals surface area contributed by atoms with Crippen LogP contribution in [0, 0.1) is 6.92 Å². The number of para-hydroxylation sites is 2. The van der Waals surface area contributed by atoms with Gasteiger partial charge in [0.25, 0.3) is 0 Å². The van der Waals surface area contributed by atoms with Crippen LogP contribution in [0.4, 0.5) is 17.2 Å². The molecule has 3 heterocycles. The van der Waals surface area contributed by atoms with Crippen molar-refractivity contribution in [3.05, 3.63) is 120 Å². The SMILES string of the molecule is Cc1ccc(N(c2ccc3c(c2)c2cccc4c2n3-c2ccccc2C4(C)C)c2cnccn2)cc1. The molecule has 0 radical (unpaired) electrons. The lowest BCUT2D eigenvalue weighted by molar-refractivity contribution is 0.630. The molecule has 2 aromatic heterocycles. The quantitative estimate of drug-likeness (QED) is 0.265. The lowest BCUT2D eigenvalue weighted by atomic mass is 9.75. The van der Waals surface area contributed by atoms with E-state index in [2.05, 4.69) is 125 Å². The second-order valence-electron chi connectivity index (χ2n) is 10.1. The van der Waals surface area contributed by atoms with Crippen LogP contribution in [0.5, 0.6) is 0 Å². The molecule has 174 valence electrons. The van der Waals surface area contributed by atoms with Gasteiger partial charge in [0.15, 0.2) is 5.82 Å². The number of hydrogen-bond acceptors (Lipinski definition) is 3. The molecule has 0 atom stereocenters. The highest BCUT2D eigenvalue weighted by Gasteiger charge is 2.34. The third-order valence-corrected chi connectivity index (χ3v) is 7.59. The van der Waals surface area contributed by atoms with Gasteiger partial charge in [-0.25, -0.2) is 4.98 Å². The number of benzene rings is 4. The predicted molar refractivity (Wildman–Crippen MR) is 148 cm³/mol. The molecule has 4 nitrogen and oxygen atoms in total. The molecule has 0 saturated carbocycles. The summed E-state index contributed by atoms with van der Waals surface area (Å²) in [5, 5.41) is 2.51. The molecule has 0 amide bonds. The van der Waals surface area contributed by atoms with E-state index < -0.39 is 0 Å². The molecule has 1 aliphatic rings. The average Bonchev–Trinajstić information content (AvgIpc) is 3.24. The molecule has 0 saturated heterocycles. The van der Waals surface area contributed by atoms with E-state index in [4.69, 9.17) is 0 Å². The van der Waals surface area contributed by atoms with Crippen LogP contribution >= 0.6 is 0 Å². The fourth-order valence-corrected chi connectivity index (χ4v) is 5.81. The van der Waals surface area contributed by atoms with Crippen molar-refractivity contribution in [2.45, 2.75) is 26.2 Å². The van der Waals surface area contributed by atoms with Crippen LogP contribution in [0.25, 0.3) is 27.5 Å². The first-order valence-corrected chi connectivity index (χ1v) is 12.3. The highest BCUT2D eigenvalue weighted by atomic mass is 15.2. The van der Waals surface area contributed by atoms with Gasteiger partial charge in [-0.1, -0.05) is 67.9 Å². The summed E-state index contributed by atoms with van der Waals surface area (Å²) in [6.07, 6.45) is 5.27. The van der Waals surface area contributed by atoms with Gasteiger partial charge in [0, 0.05) is 40.0 Å². The minimum absolute atomic E-state index is 0.0725. The van der Waals surface area contributed by atoms with Gasteiger partial charge in [-0.2, -0.15) is 0 Å². The number of hydrogen-bond donors (Lipinski definition) is 0. The summed E-state index contributed by atoms with van der Waals surface area (Å²) >= 11 is 0. The van der Waals surface area contributed by atoms with Crippen molar-refractivity contribution in [3.8, 4) is 5.69 Å². The zero-order valence-corrected chi connectivity index (χ0v) is 20.6. The Bertz CT molecular complexity index is 1760. The van der Waals surface area contributed by atoms with E-state index in [0.29, 0.717) is 0 Å². The van der Waals surface area contributed by atoms with Crippen molar-refractivity contribution in [2.24, 2.45) is 0 Å². The number of nitrogens with zero attached hydrogens (tertiary/aromatic N) is 4. The van der Waals surface area contributed by atoms with Crippen LogP contribution in [-0.4, -0.2) is 14.5 Å². The summed E-state index contributed by atoms with van der Waals surface area (Å²) in [5.74, 6) is 0.793.